The third-order valence-electron chi connectivity index (χ3n) is 3.89. The Morgan fingerprint density at radius 1 is 1.00 bits per heavy atom. The van der Waals surface area contributed by atoms with Crippen molar-refractivity contribution in [2.24, 2.45) is 0 Å². The molecular formula is C18H22O3. The van der Waals surface area contributed by atoms with Gasteiger partial charge in [0.15, 0.2) is 0 Å². The highest BCUT2D eigenvalue weighted by molar-refractivity contribution is 5.42. The molecule has 0 fully saturated rings. The van der Waals surface area contributed by atoms with Crippen LogP contribution in [0.3, 0.4) is 0 Å². The molecule has 0 aliphatic heterocycles. The van der Waals surface area contributed by atoms with E-state index in [1.54, 1.807) is 14.2 Å². The smallest absolute Gasteiger partial charge is 0.125 e. The molecule has 2 aromatic carbocycles. The fourth-order valence-corrected chi connectivity index (χ4v) is 2.51. The van der Waals surface area contributed by atoms with Crippen molar-refractivity contribution < 1.29 is 14.6 Å². The van der Waals surface area contributed by atoms with Gasteiger partial charge in [0, 0.05) is 11.5 Å². The minimum absolute atomic E-state index is 0.0756. The van der Waals surface area contributed by atoms with Gasteiger partial charge in [-0.15, -0.1) is 0 Å². The number of ether oxygens (including phenoxy) is 2. The summed E-state index contributed by atoms with van der Waals surface area (Å²) >= 11 is 0. The van der Waals surface area contributed by atoms with Gasteiger partial charge in [-0.05, 0) is 23.6 Å². The van der Waals surface area contributed by atoms with E-state index < -0.39 is 0 Å². The first-order valence-corrected chi connectivity index (χ1v) is 7.00. The van der Waals surface area contributed by atoms with Crippen LogP contribution in [0.5, 0.6) is 11.5 Å². The molecule has 0 saturated carbocycles. The van der Waals surface area contributed by atoms with Crippen molar-refractivity contribution in [1.29, 1.82) is 0 Å². The molecule has 0 heterocycles. The predicted molar refractivity (Wildman–Crippen MR) is 84.1 cm³/mol. The lowest BCUT2D eigenvalue weighted by Gasteiger charge is -2.29. The molecule has 0 aromatic heterocycles. The van der Waals surface area contributed by atoms with Crippen molar-refractivity contribution in [3.05, 3.63) is 59.7 Å². The van der Waals surface area contributed by atoms with Crippen LogP contribution in [0, 0.1) is 0 Å². The first-order chi connectivity index (χ1) is 10.1. The molecule has 1 atom stereocenters. The average molecular weight is 286 g/mol. The molecule has 0 radical (unpaired) electrons. The van der Waals surface area contributed by atoms with E-state index in [1.807, 2.05) is 48.5 Å². The normalized spacial score (nSPS) is 13.5. The Balaban J connectivity index is 2.34. The zero-order valence-corrected chi connectivity index (χ0v) is 12.8. The fraction of sp³-hybridized carbons (Fsp3) is 0.333. The van der Waals surface area contributed by atoms with E-state index in [0.717, 1.165) is 22.6 Å². The molecule has 112 valence electrons. The molecule has 0 aliphatic rings. The lowest BCUT2D eigenvalue weighted by molar-refractivity contribution is 0.203. The van der Waals surface area contributed by atoms with Crippen molar-refractivity contribution in [3.8, 4) is 11.5 Å². The largest absolute Gasteiger partial charge is 0.497 e. The Labute approximate surface area is 126 Å². The number of aliphatic hydroxyl groups is 1. The second-order valence-corrected chi connectivity index (χ2v) is 5.44. The maximum absolute atomic E-state index is 9.90. The van der Waals surface area contributed by atoms with Crippen molar-refractivity contribution in [2.75, 3.05) is 20.8 Å². The van der Waals surface area contributed by atoms with Crippen LogP contribution in [-0.4, -0.2) is 25.9 Å². The minimum atomic E-state index is -0.344. The Morgan fingerprint density at radius 2 is 1.71 bits per heavy atom. The number of rotatable bonds is 6. The summed E-state index contributed by atoms with van der Waals surface area (Å²) in [5.41, 5.74) is 1.83. The maximum Gasteiger partial charge on any atom is 0.125 e. The van der Waals surface area contributed by atoms with Crippen molar-refractivity contribution in [3.63, 3.8) is 0 Å². The zero-order valence-electron chi connectivity index (χ0n) is 12.8. The van der Waals surface area contributed by atoms with Crippen molar-refractivity contribution >= 4 is 0 Å². The third-order valence-corrected chi connectivity index (χ3v) is 3.89. The summed E-state index contributed by atoms with van der Waals surface area (Å²) in [4.78, 5) is 0. The summed E-state index contributed by atoms with van der Waals surface area (Å²) in [6, 6.07) is 15.9. The summed E-state index contributed by atoms with van der Waals surface area (Å²) in [6.07, 6.45) is 0.695. The third kappa shape index (κ3) is 3.37. The van der Waals surface area contributed by atoms with Gasteiger partial charge in [-0.2, -0.15) is 0 Å². The molecule has 0 spiro atoms. The molecule has 0 bridgehead atoms. The molecule has 1 unspecified atom stereocenters. The van der Waals surface area contributed by atoms with Crippen molar-refractivity contribution in [1.82, 2.24) is 0 Å². The van der Waals surface area contributed by atoms with Crippen LogP contribution in [0.4, 0.5) is 0 Å². The van der Waals surface area contributed by atoms with E-state index in [-0.39, 0.29) is 12.0 Å². The van der Waals surface area contributed by atoms with Gasteiger partial charge < -0.3 is 14.6 Å². The van der Waals surface area contributed by atoms with Gasteiger partial charge in [-0.1, -0.05) is 43.3 Å². The summed E-state index contributed by atoms with van der Waals surface area (Å²) in [5, 5.41) is 9.90. The molecule has 2 rings (SSSR count). The molecule has 0 amide bonds. The molecule has 3 nitrogen and oxygen atoms in total. The van der Waals surface area contributed by atoms with E-state index in [9.17, 15) is 5.11 Å². The average Bonchev–Trinajstić information content (AvgIpc) is 2.55. The lowest BCUT2D eigenvalue weighted by Crippen LogP contribution is -2.29. The van der Waals surface area contributed by atoms with E-state index in [0.29, 0.717) is 6.42 Å². The van der Waals surface area contributed by atoms with Gasteiger partial charge in [0.1, 0.15) is 11.5 Å². The van der Waals surface area contributed by atoms with Gasteiger partial charge in [-0.25, -0.2) is 0 Å². The maximum atomic E-state index is 9.90. The summed E-state index contributed by atoms with van der Waals surface area (Å²) < 4.78 is 10.7. The highest BCUT2D eigenvalue weighted by Crippen LogP contribution is 2.33. The highest BCUT2D eigenvalue weighted by Gasteiger charge is 2.27. The lowest BCUT2D eigenvalue weighted by atomic mass is 9.78. The Hall–Kier alpha value is -2.00. The van der Waals surface area contributed by atoms with Gasteiger partial charge in [-0.3, -0.25) is 0 Å². The van der Waals surface area contributed by atoms with Crippen LogP contribution in [0.15, 0.2) is 48.5 Å². The van der Waals surface area contributed by atoms with E-state index in [2.05, 4.69) is 6.92 Å². The first-order valence-electron chi connectivity index (χ1n) is 7.00. The van der Waals surface area contributed by atoms with E-state index in [1.165, 1.54) is 0 Å². The number of hydrogen-bond acceptors (Lipinski definition) is 3. The van der Waals surface area contributed by atoms with Crippen LogP contribution in [-0.2, 0) is 11.8 Å². The van der Waals surface area contributed by atoms with Crippen LogP contribution >= 0.6 is 0 Å². The summed E-state index contributed by atoms with van der Waals surface area (Å²) in [5.74, 6) is 1.55. The highest BCUT2D eigenvalue weighted by atomic mass is 16.5. The fourth-order valence-electron chi connectivity index (χ4n) is 2.51. The number of benzene rings is 2. The molecular weight excluding hydrogens is 264 g/mol. The van der Waals surface area contributed by atoms with E-state index in [4.69, 9.17) is 9.47 Å². The standard InChI is InChI=1S/C18H22O3/c1-18(13-19,15-7-5-4-6-8-15)12-14-9-10-16(20-2)11-17(14)21-3/h4-11,19H,12-13H2,1-3H3. The van der Waals surface area contributed by atoms with Gasteiger partial charge in [0.2, 0.25) is 0 Å². The molecule has 1 N–H and O–H groups in total. The zero-order chi connectivity index (χ0) is 15.3. The second kappa shape index (κ2) is 6.64. The van der Waals surface area contributed by atoms with Gasteiger partial charge >= 0.3 is 0 Å². The molecule has 21 heavy (non-hydrogen) atoms. The Kier molecular flexibility index (Phi) is 4.86. The van der Waals surface area contributed by atoms with Crippen LogP contribution in [0.25, 0.3) is 0 Å². The van der Waals surface area contributed by atoms with Gasteiger partial charge in [0.05, 0.1) is 20.8 Å². The topological polar surface area (TPSA) is 38.7 Å². The summed E-state index contributed by atoms with van der Waals surface area (Å²) in [6.45, 7) is 2.14. The number of hydrogen-bond donors (Lipinski definition) is 1. The Bertz CT molecular complexity index is 580. The Morgan fingerprint density at radius 3 is 2.29 bits per heavy atom. The molecule has 0 aliphatic carbocycles. The predicted octanol–water partition coefficient (Wildman–Crippen LogP) is 3.20. The summed E-state index contributed by atoms with van der Waals surface area (Å²) in [7, 11) is 3.29. The second-order valence-electron chi connectivity index (χ2n) is 5.44. The van der Waals surface area contributed by atoms with E-state index >= 15 is 0 Å². The number of methoxy groups -OCH3 is 2. The molecule has 0 saturated heterocycles. The van der Waals surface area contributed by atoms with Crippen LogP contribution in [0.2, 0.25) is 0 Å². The monoisotopic (exact) mass is 286 g/mol. The number of aliphatic hydroxyl groups excluding tert-OH is 1. The van der Waals surface area contributed by atoms with Crippen molar-refractivity contribution in [2.45, 2.75) is 18.8 Å². The van der Waals surface area contributed by atoms with Crippen LogP contribution in [0.1, 0.15) is 18.1 Å². The first kappa shape index (κ1) is 15.4. The SMILES string of the molecule is COc1ccc(CC(C)(CO)c2ccccc2)c(OC)c1. The molecule has 3 heteroatoms. The quantitative estimate of drug-likeness (QED) is 0.886. The van der Waals surface area contributed by atoms with Crippen LogP contribution < -0.4 is 9.47 Å². The van der Waals surface area contributed by atoms with Gasteiger partial charge in [0.25, 0.3) is 0 Å². The minimum Gasteiger partial charge on any atom is -0.497 e. The molecule has 2 aromatic rings.